The zero-order valence-corrected chi connectivity index (χ0v) is 17.2. The molecule has 0 aromatic heterocycles. The molecule has 2 aliphatic heterocycles. The van der Waals surface area contributed by atoms with Gasteiger partial charge in [0.1, 0.15) is 11.6 Å². The van der Waals surface area contributed by atoms with Crippen molar-refractivity contribution < 1.29 is 13.9 Å². The van der Waals surface area contributed by atoms with Crippen LogP contribution in [0.2, 0.25) is 0 Å². The zero-order valence-electron chi connectivity index (χ0n) is 17.2. The van der Waals surface area contributed by atoms with Crippen molar-refractivity contribution in [3.8, 4) is 5.75 Å². The van der Waals surface area contributed by atoms with Gasteiger partial charge >= 0.3 is 0 Å². The highest BCUT2D eigenvalue weighted by atomic mass is 19.1. The lowest BCUT2D eigenvalue weighted by Gasteiger charge is -2.27. The molecule has 3 atom stereocenters. The Bertz CT molecular complexity index is 854. The number of halogens is 1. The number of aryl methyl sites for hydroxylation is 1. The lowest BCUT2D eigenvalue weighted by molar-refractivity contribution is -0.130. The van der Waals surface area contributed by atoms with Crippen LogP contribution in [0.4, 0.5) is 4.39 Å². The fraction of sp³-hybridized carbons (Fsp3) is 0.458. The van der Waals surface area contributed by atoms with E-state index in [2.05, 4.69) is 24.1 Å². The molecule has 5 heteroatoms. The number of nitrogens with zero attached hydrogens (tertiary/aromatic N) is 2. The Morgan fingerprint density at radius 1 is 1.14 bits per heavy atom. The second kappa shape index (κ2) is 8.54. The van der Waals surface area contributed by atoms with Crippen LogP contribution in [-0.2, 0) is 11.2 Å². The number of carbonyl (C=O) groups is 1. The normalized spacial score (nSPS) is 24.0. The smallest absolute Gasteiger partial charge is 0.222 e. The van der Waals surface area contributed by atoms with Gasteiger partial charge in [0.05, 0.1) is 7.11 Å². The van der Waals surface area contributed by atoms with E-state index >= 15 is 0 Å². The number of amides is 1. The summed E-state index contributed by atoms with van der Waals surface area (Å²) in [6.07, 6.45) is 2.32. The third kappa shape index (κ3) is 4.30. The van der Waals surface area contributed by atoms with Gasteiger partial charge in [0.15, 0.2) is 0 Å². The Kier molecular flexibility index (Phi) is 5.86. The largest absolute Gasteiger partial charge is 0.497 e. The predicted octanol–water partition coefficient (Wildman–Crippen LogP) is 3.92. The molecule has 0 radical (unpaired) electrons. The number of rotatable bonds is 6. The molecule has 4 rings (SSSR count). The monoisotopic (exact) mass is 396 g/mol. The van der Waals surface area contributed by atoms with E-state index in [9.17, 15) is 9.18 Å². The quantitative estimate of drug-likeness (QED) is 0.742. The summed E-state index contributed by atoms with van der Waals surface area (Å²) in [5.74, 6) is 1.76. The molecule has 2 aromatic carbocycles. The maximum Gasteiger partial charge on any atom is 0.222 e. The Morgan fingerprint density at radius 3 is 2.66 bits per heavy atom. The van der Waals surface area contributed by atoms with Gasteiger partial charge in [0.25, 0.3) is 0 Å². The summed E-state index contributed by atoms with van der Waals surface area (Å²) in [5, 5.41) is 0. The van der Waals surface area contributed by atoms with Gasteiger partial charge < -0.3 is 9.64 Å². The van der Waals surface area contributed by atoms with Gasteiger partial charge in [-0.1, -0.05) is 24.3 Å². The fourth-order valence-electron chi connectivity index (χ4n) is 5.05. The molecule has 0 bridgehead atoms. The van der Waals surface area contributed by atoms with Crippen molar-refractivity contribution in [1.29, 1.82) is 0 Å². The lowest BCUT2D eigenvalue weighted by atomic mass is 9.89. The first kappa shape index (κ1) is 19.9. The summed E-state index contributed by atoms with van der Waals surface area (Å²) < 4.78 is 18.9. The van der Waals surface area contributed by atoms with Crippen LogP contribution < -0.4 is 4.74 Å². The summed E-state index contributed by atoms with van der Waals surface area (Å²) in [7, 11) is 3.77. The third-order valence-electron chi connectivity index (χ3n) is 6.45. The standard InChI is InChI=1S/C24H29FN2O2/c1-26-14-19-15-27(16-22(19)24(26)18-6-4-7-20(25)13-18)23(28)8-3-5-17-9-11-21(29-2)12-10-17/h4,6-7,9-13,19,22,24H,3,5,8,14-16H2,1-2H3/t19-,22+,24-/m0/s1. The second-order valence-corrected chi connectivity index (χ2v) is 8.36. The van der Waals surface area contributed by atoms with Gasteiger partial charge in [-0.15, -0.1) is 0 Å². The first-order valence-corrected chi connectivity index (χ1v) is 10.4. The zero-order chi connectivity index (χ0) is 20.4. The molecular formula is C24H29FN2O2. The van der Waals surface area contributed by atoms with E-state index in [4.69, 9.17) is 4.74 Å². The summed E-state index contributed by atoms with van der Waals surface area (Å²) in [5.41, 5.74) is 2.25. The van der Waals surface area contributed by atoms with Crippen molar-refractivity contribution >= 4 is 5.91 Å². The van der Waals surface area contributed by atoms with Crippen LogP contribution in [0, 0.1) is 17.7 Å². The predicted molar refractivity (Wildman–Crippen MR) is 111 cm³/mol. The van der Waals surface area contributed by atoms with Gasteiger partial charge in [-0.2, -0.15) is 0 Å². The topological polar surface area (TPSA) is 32.8 Å². The molecule has 154 valence electrons. The van der Waals surface area contributed by atoms with Crippen molar-refractivity contribution in [2.24, 2.45) is 11.8 Å². The molecule has 0 unspecified atom stereocenters. The SMILES string of the molecule is COc1ccc(CCCC(=O)N2C[C@@H]3CN(C)[C@@H](c4cccc(F)c4)[C@@H]3C2)cc1. The van der Waals surface area contributed by atoms with Gasteiger partial charge in [0.2, 0.25) is 5.91 Å². The molecule has 0 aliphatic carbocycles. The Hall–Kier alpha value is -2.40. The third-order valence-corrected chi connectivity index (χ3v) is 6.45. The Morgan fingerprint density at radius 2 is 1.93 bits per heavy atom. The van der Waals surface area contributed by atoms with Gasteiger partial charge in [-0.25, -0.2) is 4.39 Å². The van der Waals surface area contributed by atoms with Crippen LogP contribution in [0.15, 0.2) is 48.5 Å². The van der Waals surface area contributed by atoms with Crippen molar-refractivity contribution in [2.75, 3.05) is 33.8 Å². The molecule has 2 fully saturated rings. The summed E-state index contributed by atoms with van der Waals surface area (Å²) in [6, 6.07) is 15.1. The number of fused-ring (bicyclic) bond motifs is 1. The van der Waals surface area contributed by atoms with Crippen LogP contribution in [0.5, 0.6) is 5.75 Å². The van der Waals surface area contributed by atoms with Crippen molar-refractivity contribution in [1.82, 2.24) is 9.80 Å². The van der Waals surface area contributed by atoms with E-state index in [1.54, 1.807) is 19.2 Å². The molecule has 29 heavy (non-hydrogen) atoms. The summed E-state index contributed by atoms with van der Waals surface area (Å²) in [6.45, 7) is 2.56. The first-order chi connectivity index (χ1) is 14.0. The van der Waals surface area contributed by atoms with Crippen LogP contribution in [0.3, 0.4) is 0 Å². The number of hydrogen-bond donors (Lipinski definition) is 0. The van der Waals surface area contributed by atoms with Gasteiger partial charge in [-0.3, -0.25) is 9.69 Å². The first-order valence-electron chi connectivity index (χ1n) is 10.4. The van der Waals surface area contributed by atoms with Gasteiger partial charge in [0, 0.05) is 38.0 Å². The second-order valence-electron chi connectivity index (χ2n) is 8.36. The molecule has 0 saturated carbocycles. The Labute approximate surface area is 172 Å². The van der Waals surface area contributed by atoms with Crippen molar-refractivity contribution in [3.63, 3.8) is 0 Å². The van der Waals surface area contributed by atoms with Crippen LogP contribution >= 0.6 is 0 Å². The minimum absolute atomic E-state index is 0.188. The molecule has 2 aliphatic rings. The van der Waals surface area contributed by atoms with E-state index in [1.165, 1.54) is 11.6 Å². The number of likely N-dealkylation sites (tertiary alicyclic amines) is 2. The molecule has 2 saturated heterocycles. The molecule has 4 nitrogen and oxygen atoms in total. The fourth-order valence-corrected chi connectivity index (χ4v) is 5.05. The molecule has 2 heterocycles. The highest BCUT2D eigenvalue weighted by Gasteiger charge is 2.47. The number of methoxy groups -OCH3 is 1. The maximum absolute atomic E-state index is 13.7. The van der Waals surface area contributed by atoms with E-state index in [0.29, 0.717) is 18.3 Å². The minimum Gasteiger partial charge on any atom is -0.497 e. The van der Waals surface area contributed by atoms with Crippen LogP contribution in [0.1, 0.15) is 30.0 Å². The highest BCUT2D eigenvalue weighted by Crippen LogP contribution is 2.44. The van der Waals surface area contributed by atoms with E-state index < -0.39 is 0 Å². The average Bonchev–Trinajstić information content (AvgIpc) is 3.25. The molecule has 0 spiro atoms. The average molecular weight is 397 g/mol. The van der Waals surface area contributed by atoms with E-state index in [1.807, 2.05) is 23.1 Å². The summed E-state index contributed by atoms with van der Waals surface area (Å²) in [4.78, 5) is 17.1. The maximum atomic E-state index is 13.7. The van der Waals surface area contributed by atoms with E-state index in [0.717, 1.165) is 43.8 Å². The lowest BCUT2D eigenvalue weighted by Crippen LogP contribution is -2.33. The van der Waals surface area contributed by atoms with Crippen LogP contribution in [-0.4, -0.2) is 49.5 Å². The van der Waals surface area contributed by atoms with Crippen molar-refractivity contribution in [2.45, 2.75) is 25.3 Å². The number of hydrogen-bond acceptors (Lipinski definition) is 3. The summed E-state index contributed by atoms with van der Waals surface area (Å²) >= 11 is 0. The van der Waals surface area contributed by atoms with Gasteiger partial charge in [-0.05, 0) is 61.2 Å². The molecule has 1 amide bonds. The number of ether oxygens (including phenoxy) is 1. The molecule has 2 aromatic rings. The Balaban J connectivity index is 1.32. The molecular weight excluding hydrogens is 367 g/mol. The van der Waals surface area contributed by atoms with Crippen molar-refractivity contribution in [3.05, 3.63) is 65.5 Å². The highest BCUT2D eigenvalue weighted by molar-refractivity contribution is 5.76. The van der Waals surface area contributed by atoms with E-state index in [-0.39, 0.29) is 17.8 Å². The number of carbonyl (C=O) groups excluding carboxylic acids is 1. The minimum atomic E-state index is -0.191. The van der Waals surface area contributed by atoms with Crippen LogP contribution in [0.25, 0.3) is 0 Å². The molecule has 0 N–H and O–H groups in total. The number of benzene rings is 2.